The number of rotatable bonds is 11. The fourth-order valence-electron chi connectivity index (χ4n) is 3.89. The van der Waals surface area contributed by atoms with Crippen LogP contribution in [0.3, 0.4) is 0 Å². The normalized spacial score (nSPS) is 17.2. The molecule has 1 aromatic carbocycles. The molecule has 1 aliphatic rings. The Labute approximate surface area is 186 Å². The van der Waals surface area contributed by atoms with Crippen LogP contribution in [0.1, 0.15) is 41.0 Å². The van der Waals surface area contributed by atoms with E-state index >= 15 is 0 Å². The van der Waals surface area contributed by atoms with E-state index in [2.05, 4.69) is 31.0 Å². The zero-order valence-corrected chi connectivity index (χ0v) is 20.1. The second-order valence-electron chi connectivity index (χ2n) is 8.00. The van der Waals surface area contributed by atoms with E-state index in [0.29, 0.717) is 37.9 Å². The minimum atomic E-state index is -3.54. The summed E-state index contributed by atoms with van der Waals surface area (Å²) in [6, 6.07) is 6.73. The number of benzene rings is 1. The summed E-state index contributed by atoms with van der Waals surface area (Å²) in [4.78, 5) is 29.1. The number of likely N-dealkylation sites (N-methyl/N-ethyl adjacent to an activating group) is 1. The highest BCUT2D eigenvalue weighted by atomic mass is 32.2. The van der Waals surface area contributed by atoms with Gasteiger partial charge in [0.1, 0.15) is 0 Å². The Morgan fingerprint density at radius 1 is 1.13 bits per heavy atom. The molecule has 0 bridgehead atoms. The average Bonchev–Trinajstić information content (AvgIpc) is 3.13. The van der Waals surface area contributed by atoms with Gasteiger partial charge in [-0.3, -0.25) is 14.5 Å². The minimum Gasteiger partial charge on any atom is -0.355 e. The van der Waals surface area contributed by atoms with E-state index in [4.69, 9.17) is 0 Å². The maximum atomic E-state index is 12.6. The van der Waals surface area contributed by atoms with E-state index in [1.165, 1.54) is 16.4 Å². The number of nitrogens with one attached hydrogen (secondary N) is 1. The molecule has 1 aliphatic heterocycles. The van der Waals surface area contributed by atoms with Gasteiger partial charge < -0.3 is 10.2 Å². The van der Waals surface area contributed by atoms with E-state index in [0.717, 1.165) is 13.1 Å². The fourth-order valence-corrected chi connectivity index (χ4v) is 5.35. The number of anilines is 1. The van der Waals surface area contributed by atoms with Crippen molar-refractivity contribution in [3.05, 3.63) is 24.3 Å². The van der Waals surface area contributed by atoms with Crippen molar-refractivity contribution < 1.29 is 18.0 Å². The molecule has 0 radical (unpaired) electrons. The van der Waals surface area contributed by atoms with Gasteiger partial charge in [-0.2, -0.15) is 4.31 Å². The van der Waals surface area contributed by atoms with Crippen molar-refractivity contribution in [1.29, 1.82) is 0 Å². The van der Waals surface area contributed by atoms with Gasteiger partial charge in [0.2, 0.25) is 21.8 Å². The second-order valence-corrected chi connectivity index (χ2v) is 9.94. The van der Waals surface area contributed by atoms with Crippen molar-refractivity contribution in [2.24, 2.45) is 5.92 Å². The number of hydrogen-bond acceptors (Lipinski definition) is 5. The summed E-state index contributed by atoms with van der Waals surface area (Å²) in [6.07, 6.45) is 0.160. The van der Waals surface area contributed by atoms with Gasteiger partial charge in [0.15, 0.2) is 0 Å². The SMILES string of the molecule is CCN(CCNC(=O)C1CC(=O)N(c2ccc(S(=O)(=O)N(CC)CC)cc2)C1)C(C)C. The Bertz CT molecular complexity index is 851. The van der Waals surface area contributed by atoms with E-state index in [-0.39, 0.29) is 23.1 Å². The third-order valence-electron chi connectivity index (χ3n) is 5.82. The van der Waals surface area contributed by atoms with Crippen molar-refractivity contribution in [3.8, 4) is 0 Å². The number of sulfonamides is 1. The van der Waals surface area contributed by atoms with Gasteiger partial charge in [-0.1, -0.05) is 20.8 Å². The van der Waals surface area contributed by atoms with Crippen LogP contribution in [0.5, 0.6) is 0 Å². The molecular weight excluding hydrogens is 416 g/mol. The lowest BCUT2D eigenvalue weighted by molar-refractivity contribution is -0.126. The van der Waals surface area contributed by atoms with Crippen LogP contribution in [-0.4, -0.2) is 74.7 Å². The van der Waals surface area contributed by atoms with Gasteiger partial charge in [-0.25, -0.2) is 8.42 Å². The van der Waals surface area contributed by atoms with Gasteiger partial charge in [0.05, 0.1) is 10.8 Å². The first-order valence-electron chi connectivity index (χ1n) is 11.1. The second kappa shape index (κ2) is 11.1. The van der Waals surface area contributed by atoms with Gasteiger partial charge >= 0.3 is 0 Å². The van der Waals surface area contributed by atoms with Crippen LogP contribution in [-0.2, 0) is 19.6 Å². The molecule has 2 rings (SSSR count). The molecule has 0 aliphatic carbocycles. The lowest BCUT2D eigenvalue weighted by Crippen LogP contribution is -2.40. The molecule has 9 heteroatoms. The molecule has 1 fully saturated rings. The fraction of sp³-hybridized carbons (Fsp3) is 0.636. The van der Waals surface area contributed by atoms with Crippen LogP contribution < -0.4 is 10.2 Å². The maximum absolute atomic E-state index is 12.6. The number of nitrogens with zero attached hydrogens (tertiary/aromatic N) is 3. The van der Waals surface area contributed by atoms with Crippen molar-refractivity contribution >= 4 is 27.5 Å². The van der Waals surface area contributed by atoms with Crippen LogP contribution in [0.4, 0.5) is 5.69 Å². The zero-order valence-electron chi connectivity index (χ0n) is 19.3. The predicted octanol–water partition coefficient (Wildman–Crippen LogP) is 1.92. The van der Waals surface area contributed by atoms with Gasteiger partial charge in [-0.05, 0) is 44.7 Å². The van der Waals surface area contributed by atoms with Crippen LogP contribution >= 0.6 is 0 Å². The van der Waals surface area contributed by atoms with E-state index < -0.39 is 15.9 Å². The highest BCUT2D eigenvalue weighted by molar-refractivity contribution is 7.89. The first-order chi connectivity index (χ1) is 14.6. The monoisotopic (exact) mass is 452 g/mol. The maximum Gasteiger partial charge on any atom is 0.243 e. The molecule has 0 aromatic heterocycles. The molecule has 2 amide bonds. The average molecular weight is 453 g/mol. The quantitative estimate of drug-likeness (QED) is 0.554. The van der Waals surface area contributed by atoms with Crippen LogP contribution in [0.15, 0.2) is 29.2 Å². The molecule has 1 saturated heterocycles. The summed E-state index contributed by atoms with van der Waals surface area (Å²) in [7, 11) is -3.54. The smallest absolute Gasteiger partial charge is 0.243 e. The molecule has 174 valence electrons. The van der Waals surface area contributed by atoms with Crippen LogP contribution in [0.2, 0.25) is 0 Å². The molecule has 1 aromatic rings. The molecule has 8 nitrogen and oxygen atoms in total. The van der Waals surface area contributed by atoms with Crippen LogP contribution in [0, 0.1) is 5.92 Å². The summed E-state index contributed by atoms with van der Waals surface area (Å²) < 4.78 is 26.7. The number of amides is 2. The Hall–Kier alpha value is -1.97. The van der Waals surface area contributed by atoms with Gasteiger partial charge in [-0.15, -0.1) is 0 Å². The Morgan fingerprint density at radius 2 is 1.74 bits per heavy atom. The highest BCUT2D eigenvalue weighted by Crippen LogP contribution is 2.27. The molecule has 1 heterocycles. The van der Waals surface area contributed by atoms with E-state index in [1.54, 1.807) is 30.9 Å². The van der Waals surface area contributed by atoms with Crippen molar-refractivity contribution in [2.45, 2.75) is 52.0 Å². The van der Waals surface area contributed by atoms with Gasteiger partial charge in [0.25, 0.3) is 0 Å². The topological polar surface area (TPSA) is 90.0 Å². The summed E-state index contributed by atoms with van der Waals surface area (Å²) in [5, 5.41) is 2.95. The van der Waals surface area contributed by atoms with Crippen molar-refractivity contribution in [2.75, 3.05) is 44.2 Å². The Morgan fingerprint density at radius 3 is 2.26 bits per heavy atom. The molecule has 31 heavy (non-hydrogen) atoms. The number of carbonyl (C=O) groups excluding carboxylic acids is 2. The third kappa shape index (κ3) is 6.05. The zero-order chi connectivity index (χ0) is 23.2. The lowest BCUT2D eigenvalue weighted by atomic mass is 10.1. The molecule has 1 atom stereocenters. The Kier molecular flexibility index (Phi) is 9.02. The van der Waals surface area contributed by atoms with E-state index in [1.807, 2.05) is 0 Å². The molecule has 1 unspecified atom stereocenters. The molecule has 0 spiro atoms. The number of hydrogen-bond donors (Lipinski definition) is 1. The van der Waals surface area contributed by atoms with Crippen molar-refractivity contribution in [1.82, 2.24) is 14.5 Å². The standard InChI is InChI=1S/C22H36N4O4S/c1-6-24(17(4)5)14-13-23-22(28)18-15-21(27)26(16-18)19-9-11-20(12-10-19)31(29,30)25(7-2)8-3/h9-12,17-18H,6-8,13-16H2,1-5H3,(H,23,28). The third-order valence-corrected chi connectivity index (χ3v) is 7.89. The summed E-state index contributed by atoms with van der Waals surface area (Å²) in [5.74, 6) is -0.644. The van der Waals surface area contributed by atoms with Crippen LogP contribution in [0.25, 0.3) is 0 Å². The minimum absolute atomic E-state index is 0.114. The van der Waals surface area contributed by atoms with Gasteiger partial charge in [0, 0.05) is 50.9 Å². The molecule has 0 saturated carbocycles. The highest BCUT2D eigenvalue weighted by Gasteiger charge is 2.35. The number of carbonyl (C=O) groups is 2. The summed E-state index contributed by atoms with van der Waals surface area (Å²) in [6.45, 7) is 13.3. The Balaban J connectivity index is 1.99. The first kappa shape index (κ1) is 25.3. The summed E-state index contributed by atoms with van der Waals surface area (Å²) in [5.41, 5.74) is 0.607. The molecular formula is C22H36N4O4S. The lowest BCUT2D eigenvalue weighted by Gasteiger charge is -2.25. The molecule has 1 N–H and O–H groups in total. The van der Waals surface area contributed by atoms with E-state index in [9.17, 15) is 18.0 Å². The first-order valence-corrected chi connectivity index (χ1v) is 12.5. The van der Waals surface area contributed by atoms with Crippen molar-refractivity contribution in [3.63, 3.8) is 0 Å². The largest absolute Gasteiger partial charge is 0.355 e. The summed E-state index contributed by atoms with van der Waals surface area (Å²) >= 11 is 0. The predicted molar refractivity (Wildman–Crippen MR) is 122 cm³/mol.